The molecule has 3 atom stereocenters. The molecule has 0 bridgehead atoms. The molecule has 7 heteroatoms. The Labute approximate surface area is 168 Å². The number of hydrogen-bond donors (Lipinski definition) is 1. The van der Waals surface area contributed by atoms with Gasteiger partial charge in [-0.3, -0.25) is 19.3 Å². The molecule has 0 radical (unpaired) electrons. The first kappa shape index (κ1) is 19.9. The summed E-state index contributed by atoms with van der Waals surface area (Å²) in [5.74, 6) is -1.54. The molecule has 0 saturated carbocycles. The van der Waals surface area contributed by atoms with Crippen LogP contribution in [0.2, 0.25) is 10.0 Å². The van der Waals surface area contributed by atoms with E-state index < -0.39 is 11.9 Å². The maximum absolute atomic E-state index is 13.0. The molecular formula is C20H22Cl2N2O3. The van der Waals surface area contributed by atoms with Gasteiger partial charge in [-0.1, -0.05) is 49.2 Å². The molecule has 27 heavy (non-hydrogen) atoms. The highest BCUT2D eigenvalue weighted by atomic mass is 35.5. The fourth-order valence-electron chi connectivity index (χ4n) is 3.72. The van der Waals surface area contributed by atoms with Gasteiger partial charge in [0.2, 0.25) is 17.7 Å². The highest BCUT2D eigenvalue weighted by molar-refractivity contribution is 6.35. The van der Waals surface area contributed by atoms with Crippen LogP contribution in [0.4, 0.5) is 5.69 Å². The number of fused-ring (bicyclic) bond motifs is 1. The van der Waals surface area contributed by atoms with Crippen molar-refractivity contribution >= 4 is 46.6 Å². The monoisotopic (exact) mass is 408 g/mol. The van der Waals surface area contributed by atoms with Crippen molar-refractivity contribution in [2.24, 2.45) is 17.8 Å². The summed E-state index contributed by atoms with van der Waals surface area (Å²) in [6.07, 6.45) is 5.33. The number of halogens is 2. The van der Waals surface area contributed by atoms with Crippen LogP contribution in [0.15, 0.2) is 30.4 Å². The van der Waals surface area contributed by atoms with Crippen LogP contribution in [0.1, 0.15) is 33.1 Å². The first-order valence-electron chi connectivity index (χ1n) is 9.07. The van der Waals surface area contributed by atoms with Crippen molar-refractivity contribution in [2.45, 2.75) is 39.2 Å². The average Bonchev–Trinajstić information content (AvgIpc) is 2.87. The van der Waals surface area contributed by atoms with Crippen molar-refractivity contribution in [3.63, 3.8) is 0 Å². The molecule has 1 fully saturated rings. The van der Waals surface area contributed by atoms with E-state index in [1.807, 2.05) is 26.0 Å². The lowest BCUT2D eigenvalue weighted by molar-refractivity contribution is -0.147. The van der Waals surface area contributed by atoms with Crippen LogP contribution in [0, 0.1) is 17.8 Å². The summed E-state index contributed by atoms with van der Waals surface area (Å²) in [7, 11) is 0. The first-order chi connectivity index (χ1) is 12.8. The van der Waals surface area contributed by atoms with Crippen LogP contribution in [0.5, 0.6) is 0 Å². The zero-order chi connectivity index (χ0) is 19.7. The van der Waals surface area contributed by atoms with Crippen LogP contribution >= 0.6 is 23.2 Å². The Kier molecular flexibility index (Phi) is 5.92. The van der Waals surface area contributed by atoms with Gasteiger partial charge in [0.1, 0.15) is 6.04 Å². The second kappa shape index (κ2) is 8.03. The zero-order valence-corrected chi connectivity index (χ0v) is 16.8. The molecule has 1 aromatic rings. The van der Waals surface area contributed by atoms with Gasteiger partial charge in [-0.05, 0) is 43.4 Å². The van der Waals surface area contributed by atoms with Gasteiger partial charge in [-0.25, -0.2) is 0 Å². The van der Waals surface area contributed by atoms with Crippen molar-refractivity contribution < 1.29 is 14.4 Å². The molecule has 1 aliphatic heterocycles. The molecular weight excluding hydrogens is 387 g/mol. The van der Waals surface area contributed by atoms with E-state index in [9.17, 15) is 14.4 Å². The minimum atomic E-state index is -0.870. The number of hydrogen-bond acceptors (Lipinski definition) is 3. The van der Waals surface area contributed by atoms with E-state index in [0.29, 0.717) is 35.0 Å². The molecule has 1 saturated heterocycles. The zero-order valence-electron chi connectivity index (χ0n) is 15.2. The fraction of sp³-hybridized carbons (Fsp3) is 0.450. The third kappa shape index (κ3) is 4.04. The summed E-state index contributed by atoms with van der Waals surface area (Å²) in [5.41, 5.74) is 0.362. The number of likely N-dealkylation sites (tertiary alicyclic amines) is 1. The van der Waals surface area contributed by atoms with E-state index in [1.165, 1.54) is 4.90 Å². The second-order valence-corrected chi connectivity index (χ2v) is 8.30. The van der Waals surface area contributed by atoms with Gasteiger partial charge < -0.3 is 5.32 Å². The van der Waals surface area contributed by atoms with E-state index in [4.69, 9.17) is 23.2 Å². The molecule has 144 valence electrons. The number of anilines is 1. The normalized spacial score (nSPS) is 22.9. The van der Waals surface area contributed by atoms with Gasteiger partial charge in [0, 0.05) is 5.02 Å². The summed E-state index contributed by atoms with van der Waals surface area (Å²) < 4.78 is 0. The van der Waals surface area contributed by atoms with Crippen LogP contribution < -0.4 is 5.32 Å². The quantitative estimate of drug-likeness (QED) is 0.583. The Balaban J connectivity index is 1.87. The molecule has 5 nitrogen and oxygen atoms in total. The minimum absolute atomic E-state index is 0.122. The third-order valence-corrected chi connectivity index (χ3v) is 5.60. The van der Waals surface area contributed by atoms with Crippen LogP contribution in [-0.4, -0.2) is 28.7 Å². The molecule has 1 N–H and O–H groups in total. The Hall–Kier alpha value is -1.85. The average molecular weight is 409 g/mol. The number of benzene rings is 1. The molecule has 3 rings (SSSR count). The summed E-state index contributed by atoms with van der Waals surface area (Å²) in [4.78, 5) is 40.0. The summed E-state index contributed by atoms with van der Waals surface area (Å²) >= 11 is 12.1. The standard InChI is InChI=1S/C20H22Cl2N2O3/c1-11(2)9-17(18(25)23-16-10-12(21)7-8-15(16)22)24-19(26)13-5-3-4-6-14(13)20(24)27/h3-4,7-8,10-11,13-14,17H,5-6,9H2,1-2H3,(H,23,25). The number of imide groups is 1. The SMILES string of the molecule is CC(C)CC(C(=O)Nc1cc(Cl)ccc1Cl)N1C(=O)C2CC=CCC2C1=O. The van der Waals surface area contributed by atoms with E-state index in [0.717, 1.165) is 0 Å². The number of rotatable bonds is 5. The number of carbonyl (C=O) groups excluding carboxylic acids is 3. The third-order valence-electron chi connectivity index (χ3n) is 5.04. The maximum Gasteiger partial charge on any atom is 0.247 e. The van der Waals surface area contributed by atoms with Crippen molar-refractivity contribution in [3.8, 4) is 0 Å². The largest absolute Gasteiger partial charge is 0.323 e. The Morgan fingerprint density at radius 1 is 1.15 bits per heavy atom. The van der Waals surface area contributed by atoms with Gasteiger partial charge in [-0.15, -0.1) is 0 Å². The molecule has 1 heterocycles. The Bertz CT molecular complexity index is 780. The maximum atomic E-state index is 13.0. The van der Waals surface area contributed by atoms with Crippen LogP contribution in [0.25, 0.3) is 0 Å². The highest BCUT2D eigenvalue weighted by Gasteiger charge is 2.51. The van der Waals surface area contributed by atoms with E-state index in [-0.39, 0.29) is 29.6 Å². The molecule has 1 aromatic carbocycles. The van der Waals surface area contributed by atoms with E-state index in [1.54, 1.807) is 18.2 Å². The smallest absolute Gasteiger partial charge is 0.247 e. The van der Waals surface area contributed by atoms with Crippen molar-refractivity contribution in [2.75, 3.05) is 5.32 Å². The molecule has 2 aliphatic rings. The summed E-state index contributed by atoms with van der Waals surface area (Å²) in [5, 5.41) is 3.51. The molecule has 0 aromatic heterocycles. The topological polar surface area (TPSA) is 66.5 Å². The van der Waals surface area contributed by atoms with Gasteiger partial charge in [0.05, 0.1) is 22.5 Å². The lowest BCUT2D eigenvalue weighted by Crippen LogP contribution is -2.48. The molecule has 0 spiro atoms. The molecule has 3 amide bonds. The van der Waals surface area contributed by atoms with E-state index >= 15 is 0 Å². The number of nitrogens with one attached hydrogen (secondary N) is 1. The Morgan fingerprint density at radius 3 is 2.30 bits per heavy atom. The van der Waals surface area contributed by atoms with Crippen molar-refractivity contribution in [3.05, 3.63) is 40.4 Å². The predicted octanol–water partition coefficient (Wildman–Crippen LogP) is 4.30. The summed E-state index contributed by atoms with van der Waals surface area (Å²) in [6, 6.07) is 3.89. The lowest BCUT2D eigenvalue weighted by Gasteiger charge is -2.27. The summed E-state index contributed by atoms with van der Waals surface area (Å²) in [6.45, 7) is 3.90. The fourth-order valence-corrected chi connectivity index (χ4v) is 4.06. The highest BCUT2D eigenvalue weighted by Crippen LogP contribution is 2.37. The molecule has 1 aliphatic carbocycles. The first-order valence-corrected chi connectivity index (χ1v) is 9.83. The van der Waals surface area contributed by atoms with Gasteiger partial charge in [0.25, 0.3) is 0 Å². The van der Waals surface area contributed by atoms with E-state index in [2.05, 4.69) is 5.32 Å². The predicted molar refractivity (Wildman–Crippen MR) is 106 cm³/mol. The van der Waals surface area contributed by atoms with Crippen molar-refractivity contribution in [1.29, 1.82) is 0 Å². The number of amides is 3. The van der Waals surface area contributed by atoms with Crippen molar-refractivity contribution in [1.82, 2.24) is 4.90 Å². The van der Waals surface area contributed by atoms with Gasteiger partial charge in [-0.2, -0.15) is 0 Å². The van der Waals surface area contributed by atoms with Gasteiger partial charge in [0.15, 0.2) is 0 Å². The number of allylic oxidation sites excluding steroid dienone is 2. The van der Waals surface area contributed by atoms with Crippen LogP contribution in [0.3, 0.4) is 0 Å². The Morgan fingerprint density at radius 2 is 1.74 bits per heavy atom. The number of nitrogens with zero attached hydrogens (tertiary/aromatic N) is 1. The molecule has 3 unspecified atom stereocenters. The van der Waals surface area contributed by atoms with Crippen LogP contribution in [-0.2, 0) is 14.4 Å². The number of carbonyl (C=O) groups is 3. The lowest BCUT2D eigenvalue weighted by atomic mass is 9.85. The second-order valence-electron chi connectivity index (χ2n) is 7.46. The van der Waals surface area contributed by atoms with Gasteiger partial charge >= 0.3 is 0 Å². The minimum Gasteiger partial charge on any atom is -0.323 e.